The van der Waals surface area contributed by atoms with Gasteiger partial charge in [-0.3, -0.25) is 0 Å². The smallest absolute Gasteiger partial charge is 0.408 e. The molecular weight excluding hydrogens is 349 g/mol. The number of halogens is 1. The number of hydrogen-bond acceptors (Lipinski definition) is 4. The van der Waals surface area contributed by atoms with Crippen molar-refractivity contribution < 1.29 is 23.5 Å². The Bertz CT molecular complexity index is 667. The number of ether oxygens (including phenoxy) is 2. The van der Waals surface area contributed by atoms with Gasteiger partial charge in [-0.2, -0.15) is 0 Å². The van der Waals surface area contributed by atoms with E-state index in [1.807, 2.05) is 27.7 Å². The Labute approximate surface area is 161 Å². The Balaban J connectivity index is 2.82. The summed E-state index contributed by atoms with van der Waals surface area (Å²) in [6, 6.07) is 3.79. The molecule has 0 unspecified atom stereocenters. The Morgan fingerprint density at radius 2 is 1.70 bits per heavy atom. The average Bonchev–Trinajstić information content (AvgIpc) is 2.47. The zero-order chi connectivity index (χ0) is 20.9. The first-order valence-electron chi connectivity index (χ1n) is 9.28. The summed E-state index contributed by atoms with van der Waals surface area (Å²) in [6.45, 7) is 14.5. The SMILES string of the molecule is Cc1cc(F)ccc1[C@H](C(C)C)[C@@H](C)OC(=O)[C@H](C)NC(=O)OC(C)(C)C. The third-order valence-electron chi connectivity index (χ3n) is 4.20. The van der Waals surface area contributed by atoms with E-state index in [1.54, 1.807) is 33.8 Å². The van der Waals surface area contributed by atoms with Gasteiger partial charge < -0.3 is 14.8 Å². The minimum absolute atomic E-state index is 0.0942. The monoisotopic (exact) mass is 381 g/mol. The van der Waals surface area contributed by atoms with Crippen molar-refractivity contribution in [1.82, 2.24) is 5.32 Å². The van der Waals surface area contributed by atoms with Crippen LogP contribution in [0.4, 0.5) is 9.18 Å². The number of rotatable bonds is 6. The molecule has 152 valence electrons. The lowest BCUT2D eigenvalue weighted by Gasteiger charge is -2.30. The first kappa shape index (κ1) is 22.9. The molecule has 1 aromatic carbocycles. The van der Waals surface area contributed by atoms with E-state index in [1.165, 1.54) is 12.1 Å². The summed E-state index contributed by atoms with van der Waals surface area (Å²) >= 11 is 0. The maximum atomic E-state index is 13.4. The van der Waals surface area contributed by atoms with Gasteiger partial charge in [-0.1, -0.05) is 19.9 Å². The van der Waals surface area contributed by atoms with Crippen molar-refractivity contribution >= 4 is 12.1 Å². The number of benzene rings is 1. The van der Waals surface area contributed by atoms with Gasteiger partial charge in [-0.15, -0.1) is 0 Å². The highest BCUT2D eigenvalue weighted by Gasteiger charge is 2.29. The van der Waals surface area contributed by atoms with Crippen LogP contribution in [-0.4, -0.2) is 29.8 Å². The molecule has 0 fully saturated rings. The number of carbonyl (C=O) groups excluding carboxylic acids is 2. The molecule has 0 spiro atoms. The maximum Gasteiger partial charge on any atom is 0.408 e. The van der Waals surface area contributed by atoms with Gasteiger partial charge in [0.15, 0.2) is 0 Å². The fourth-order valence-electron chi connectivity index (χ4n) is 3.07. The average molecular weight is 381 g/mol. The Morgan fingerprint density at radius 3 is 2.19 bits per heavy atom. The van der Waals surface area contributed by atoms with Crippen LogP contribution in [0.25, 0.3) is 0 Å². The summed E-state index contributed by atoms with van der Waals surface area (Å²) in [7, 11) is 0. The molecule has 0 aliphatic heterocycles. The number of amides is 1. The Kier molecular flexibility index (Phi) is 7.81. The topological polar surface area (TPSA) is 64.6 Å². The first-order chi connectivity index (χ1) is 12.3. The molecule has 0 heterocycles. The standard InChI is InChI=1S/C21H32FNO4/c1-12(2)18(17-10-9-16(22)11-13(17)3)15(5)26-19(24)14(4)23-20(25)27-21(6,7)8/h9-12,14-15,18H,1-8H3,(H,23,25)/t14-,15+,18+/m0/s1. The minimum Gasteiger partial charge on any atom is -0.460 e. The molecule has 1 N–H and O–H groups in total. The molecule has 0 saturated heterocycles. The zero-order valence-corrected chi connectivity index (χ0v) is 17.6. The van der Waals surface area contributed by atoms with Crippen molar-refractivity contribution in [3.8, 4) is 0 Å². The van der Waals surface area contributed by atoms with Gasteiger partial charge in [-0.05, 0) is 70.7 Å². The van der Waals surface area contributed by atoms with Crippen molar-refractivity contribution in [2.45, 2.75) is 79.1 Å². The molecule has 0 saturated carbocycles. The van der Waals surface area contributed by atoms with E-state index < -0.39 is 29.8 Å². The van der Waals surface area contributed by atoms with E-state index >= 15 is 0 Å². The molecule has 1 rings (SSSR count). The van der Waals surface area contributed by atoms with E-state index in [-0.39, 0.29) is 17.7 Å². The van der Waals surface area contributed by atoms with Crippen LogP contribution < -0.4 is 5.32 Å². The molecule has 0 aromatic heterocycles. The van der Waals surface area contributed by atoms with Crippen LogP contribution in [0.15, 0.2) is 18.2 Å². The number of nitrogens with one attached hydrogen (secondary N) is 1. The second kappa shape index (κ2) is 9.20. The summed E-state index contributed by atoms with van der Waals surface area (Å²) in [5, 5.41) is 2.48. The number of carbonyl (C=O) groups is 2. The molecular formula is C21H32FNO4. The number of aryl methyl sites for hydroxylation is 1. The molecule has 0 radical (unpaired) electrons. The molecule has 27 heavy (non-hydrogen) atoms. The largest absolute Gasteiger partial charge is 0.460 e. The van der Waals surface area contributed by atoms with Crippen LogP contribution in [0, 0.1) is 18.7 Å². The number of esters is 1. The second-order valence-electron chi connectivity index (χ2n) is 8.28. The highest BCUT2D eigenvalue weighted by Crippen LogP contribution is 2.32. The van der Waals surface area contributed by atoms with E-state index in [4.69, 9.17) is 9.47 Å². The van der Waals surface area contributed by atoms with Crippen LogP contribution >= 0.6 is 0 Å². The molecule has 1 aromatic rings. The third kappa shape index (κ3) is 7.19. The normalized spacial score (nSPS) is 15.0. The molecule has 6 heteroatoms. The van der Waals surface area contributed by atoms with Gasteiger partial charge in [0, 0.05) is 5.92 Å². The van der Waals surface area contributed by atoms with Crippen molar-refractivity contribution in [3.05, 3.63) is 35.1 Å². The molecule has 5 nitrogen and oxygen atoms in total. The van der Waals surface area contributed by atoms with Crippen LogP contribution in [-0.2, 0) is 14.3 Å². The van der Waals surface area contributed by atoms with Gasteiger partial charge >= 0.3 is 12.1 Å². The summed E-state index contributed by atoms with van der Waals surface area (Å²) < 4.78 is 24.2. The zero-order valence-electron chi connectivity index (χ0n) is 17.6. The maximum absolute atomic E-state index is 13.4. The fourth-order valence-corrected chi connectivity index (χ4v) is 3.07. The Morgan fingerprint density at radius 1 is 1.11 bits per heavy atom. The third-order valence-corrected chi connectivity index (χ3v) is 4.20. The van der Waals surface area contributed by atoms with E-state index in [0.717, 1.165) is 11.1 Å². The highest BCUT2D eigenvalue weighted by molar-refractivity contribution is 5.81. The van der Waals surface area contributed by atoms with Gasteiger partial charge in [0.25, 0.3) is 0 Å². The molecule has 1 amide bonds. The van der Waals surface area contributed by atoms with Gasteiger partial charge in [0.1, 0.15) is 23.6 Å². The van der Waals surface area contributed by atoms with Crippen molar-refractivity contribution in [2.24, 2.45) is 5.92 Å². The van der Waals surface area contributed by atoms with E-state index in [0.29, 0.717) is 0 Å². The minimum atomic E-state index is -0.843. The quantitative estimate of drug-likeness (QED) is 0.724. The predicted molar refractivity (Wildman–Crippen MR) is 103 cm³/mol. The predicted octanol–water partition coefficient (Wildman–Crippen LogP) is 4.72. The lowest BCUT2D eigenvalue weighted by Crippen LogP contribution is -2.43. The molecule has 3 atom stereocenters. The lowest BCUT2D eigenvalue weighted by atomic mass is 9.82. The van der Waals surface area contributed by atoms with Crippen LogP contribution in [0.1, 0.15) is 65.5 Å². The molecule has 0 aliphatic carbocycles. The number of hydrogen-bond donors (Lipinski definition) is 1. The van der Waals surface area contributed by atoms with Crippen LogP contribution in [0.5, 0.6) is 0 Å². The fraction of sp³-hybridized carbons (Fsp3) is 0.619. The van der Waals surface area contributed by atoms with Crippen molar-refractivity contribution in [3.63, 3.8) is 0 Å². The van der Waals surface area contributed by atoms with Crippen molar-refractivity contribution in [1.29, 1.82) is 0 Å². The first-order valence-corrected chi connectivity index (χ1v) is 9.28. The second-order valence-corrected chi connectivity index (χ2v) is 8.28. The summed E-state index contributed by atoms with van der Waals surface area (Å²) in [5.74, 6) is -0.758. The molecule has 0 aliphatic rings. The van der Waals surface area contributed by atoms with Gasteiger partial charge in [0.05, 0.1) is 0 Å². The summed E-state index contributed by atoms with van der Waals surface area (Å²) in [6.07, 6.45) is -1.11. The van der Waals surface area contributed by atoms with E-state index in [9.17, 15) is 14.0 Å². The molecule has 0 bridgehead atoms. The van der Waals surface area contributed by atoms with Crippen LogP contribution in [0.3, 0.4) is 0 Å². The number of alkyl carbamates (subject to hydrolysis) is 1. The lowest BCUT2D eigenvalue weighted by molar-refractivity contribution is -0.152. The summed E-state index contributed by atoms with van der Waals surface area (Å²) in [4.78, 5) is 24.2. The summed E-state index contributed by atoms with van der Waals surface area (Å²) in [5.41, 5.74) is 1.11. The highest BCUT2D eigenvalue weighted by atomic mass is 19.1. The van der Waals surface area contributed by atoms with Gasteiger partial charge in [-0.25, -0.2) is 14.0 Å². The van der Waals surface area contributed by atoms with E-state index in [2.05, 4.69) is 5.32 Å². The van der Waals surface area contributed by atoms with Gasteiger partial charge in [0.2, 0.25) is 0 Å². The Hall–Kier alpha value is -2.11. The van der Waals surface area contributed by atoms with Crippen molar-refractivity contribution in [2.75, 3.05) is 0 Å². The van der Waals surface area contributed by atoms with Crippen LogP contribution in [0.2, 0.25) is 0 Å².